The van der Waals surface area contributed by atoms with Gasteiger partial charge in [-0.05, 0) is 0 Å². The fraction of sp³-hybridized carbons (Fsp3) is 0.333. The fourth-order valence-corrected chi connectivity index (χ4v) is 1.08. The molecule has 0 amide bonds. The van der Waals surface area contributed by atoms with E-state index in [-0.39, 0.29) is 18.8 Å². The van der Waals surface area contributed by atoms with Crippen molar-refractivity contribution >= 4 is 22.4 Å². The molecule has 0 aliphatic rings. The number of carbonyl (C=O) groups is 1. The second-order valence-corrected chi connectivity index (χ2v) is 2.40. The van der Waals surface area contributed by atoms with Crippen LogP contribution < -0.4 is 5.82 Å². The van der Waals surface area contributed by atoms with Crippen LogP contribution in [0.3, 0.4) is 0 Å². The van der Waals surface area contributed by atoms with E-state index in [4.69, 9.17) is 0 Å². The fourth-order valence-electron chi connectivity index (χ4n) is 0.657. The molecular formula is C6H5BrO5. The zero-order valence-electron chi connectivity index (χ0n) is 5.91. The molecule has 5 nitrogen and oxygen atoms in total. The van der Waals surface area contributed by atoms with Crippen LogP contribution in [0.2, 0.25) is 0 Å². The number of hydrogen-bond donors (Lipinski definition) is 0. The Kier molecular flexibility index (Phi) is 3.09. The first kappa shape index (κ1) is 9.05. The van der Waals surface area contributed by atoms with Crippen molar-refractivity contribution in [2.24, 2.45) is 0 Å². The number of ether oxygens (including phenoxy) is 1. The highest BCUT2D eigenvalue weighted by atomic mass is 79.9. The minimum atomic E-state index is -0.797. The second kappa shape index (κ2) is 4.10. The molecule has 6 heteroatoms. The summed E-state index contributed by atoms with van der Waals surface area (Å²) in [5, 5.41) is 0.344. The maximum atomic E-state index is 10.5. The van der Waals surface area contributed by atoms with Crippen LogP contribution in [-0.2, 0) is 21.5 Å². The van der Waals surface area contributed by atoms with Gasteiger partial charge in [0.2, 0.25) is 0 Å². The van der Waals surface area contributed by atoms with Crippen LogP contribution in [0, 0.1) is 0 Å². The first-order valence-corrected chi connectivity index (χ1v) is 4.13. The van der Waals surface area contributed by atoms with Crippen molar-refractivity contribution in [1.29, 1.82) is 0 Å². The summed E-state index contributed by atoms with van der Waals surface area (Å²) in [5.41, 5.74) is 0. The lowest BCUT2D eigenvalue weighted by Gasteiger charge is -1.92. The van der Waals surface area contributed by atoms with Crippen molar-refractivity contribution in [3.63, 3.8) is 0 Å². The van der Waals surface area contributed by atoms with E-state index in [9.17, 15) is 9.59 Å². The van der Waals surface area contributed by atoms with Gasteiger partial charge in [0.1, 0.15) is 0 Å². The lowest BCUT2D eigenvalue weighted by atomic mass is 10.4. The van der Waals surface area contributed by atoms with Crippen molar-refractivity contribution in [2.75, 3.05) is 0 Å². The van der Waals surface area contributed by atoms with Gasteiger partial charge >= 0.3 is 5.82 Å². The Hall–Kier alpha value is -1.04. The van der Waals surface area contributed by atoms with Gasteiger partial charge in [-0.3, -0.25) is 4.79 Å². The smallest absolute Gasteiger partial charge is 0.460 e. The van der Waals surface area contributed by atoms with E-state index in [1.165, 1.54) is 0 Å². The maximum absolute atomic E-state index is 10.5. The van der Waals surface area contributed by atoms with E-state index in [0.29, 0.717) is 11.1 Å². The highest BCUT2D eigenvalue weighted by Gasteiger charge is 2.11. The lowest BCUT2D eigenvalue weighted by molar-refractivity contribution is -0.130. The van der Waals surface area contributed by atoms with Crippen molar-refractivity contribution in [3.8, 4) is 0 Å². The normalized spacial score (nSPS) is 9.75. The van der Waals surface area contributed by atoms with Crippen LogP contribution in [0.1, 0.15) is 11.5 Å². The van der Waals surface area contributed by atoms with Crippen molar-refractivity contribution in [1.82, 2.24) is 0 Å². The molecule has 0 atom stereocenters. The average molecular weight is 237 g/mol. The monoisotopic (exact) mass is 236 g/mol. The van der Waals surface area contributed by atoms with Gasteiger partial charge in [0.25, 0.3) is 6.47 Å². The SMILES string of the molecule is O=COCc1oc(=O)oc1CBr. The van der Waals surface area contributed by atoms with Gasteiger partial charge in [-0.2, -0.15) is 0 Å². The first-order chi connectivity index (χ1) is 5.77. The summed E-state index contributed by atoms with van der Waals surface area (Å²) in [5.74, 6) is -0.236. The van der Waals surface area contributed by atoms with Crippen molar-refractivity contribution < 1.29 is 18.4 Å². The van der Waals surface area contributed by atoms with Gasteiger partial charge in [0.05, 0.1) is 5.33 Å². The third kappa shape index (κ3) is 1.97. The van der Waals surface area contributed by atoms with Gasteiger partial charge in [-0.1, -0.05) is 15.9 Å². The van der Waals surface area contributed by atoms with Gasteiger partial charge < -0.3 is 13.6 Å². The Morgan fingerprint density at radius 3 is 2.67 bits per heavy atom. The molecule has 0 saturated carbocycles. The number of hydrogen-bond acceptors (Lipinski definition) is 5. The summed E-state index contributed by atoms with van der Waals surface area (Å²) in [6.45, 7) is 0.182. The molecule has 0 unspecified atom stereocenters. The Morgan fingerprint density at radius 2 is 2.08 bits per heavy atom. The molecule has 1 heterocycles. The molecule has 0 saturated heterocycles. The van der Waals surface area contributed by atoms with Crippen LogP contribution in [0.4, 0.5) is 0 Å². The molecule has 1 aromatic rings. The molecule has 1 rings (SSSR count). The van der Waals surface area contributed by atoms with E-state index < -0.39 is 5.82 Å². The topological polar surface area (TPSA) is 69.7 Å². The molecule has 0 aliphatic carbocycles. The molecule has 0 aromatic carbocycles. The van der Waals surface area contributed by atoms with Crippen molar-refractivity contribution in [2.45, 2.75) is 11.9 Å². The predicted octanol–water partition coefficient (Wildman–Crippen LogP) is 0.801. The summed E-state index contributed by atoms with van der Waals surface area (Å²) in [6.07, 6.45) is 0. The molecule has 0 N–H and O–H groups in total. The van der Waals surface area contributed by atoms with Gasteiger partial charge in [0.15, 0.2) is 18.1 Å². The predicted molar refractivity (Wildman–Crippen MR) is 40.7 cm³/mol. The zero-order valence-corrected chi connectivity index (χ0v) is 7.50. The summed E-state index contributed by atoms with van der Waals surface area (Å²) < 4.78 is 13.5. The number of alkyl halides is 1. The maximum Gasteiger partial charge on any atom is 0.519 e. The molecule has 1 aromatic heterocycles. The first-order valence-electron chi connectivity index (χ1n) is 3.01. The average Bonchev–Trinajstić information content (AvgIpc) is 2.42. The highest BCUT2D eigenvalue weighted by Crippen LogP contribution is 2.11. The van der Waals surface area contributed by atoms with E-state index in [1.807, 2.05) is 0 Å². The summed E-state index contributed by atoms with van der Waals surface area (Å²) in [6, 6.07) is 0. The molecule has 0 spiro atoms. The molecule has 66 valence electrons. The van der Waals surface area contributed by atoms with Crippen molar-refractivity contribution in [3.05, 3.63) is 22.1 Å². The zero-order chi connectivity index (χ0) is 8.97. The Morgan fingerprint density at radius 1 is 1.42 bits per heavy atom. The number of carbonyl (C=O) groups excluding carboxylic acids is 1. The van der Waals surface area contributed by atoms with Crippen LogP contribution in [0.15, 0.2) is 13.6 Å². The van der Waals surface area contributed by atoms with Gasteiger partial charge in [-0.25, -0.2) is 4.79 Å². The van der Waals surface area contributed by atoms with E-state index >= 15 is 0 Å². The Bertz CT molecular complexity index is 312. The van der Waals surface area contributed by atoms with E-state index in [0.717, 1.165) is 0 Å². The Labute approximate surface area is 75.4 Å². The minimum absolute atomic E-state index is 0.0871. The van der Waals surface area contributed by atoms with Crippen LogP contribution in [0.5, 0.6) is 0 Å². The Balaban J connectivity index is 2.81. The van der Waals surface area contributed by atoms with E-state index in [2.05, 4.69) is 29.5 Å². The lowest BCUT2D eigenvalue weighted by Crippen LogP contribution is -1.91. The third-order valence-electron chi connectivity index (χ3n) is 1.13. The second-order valence-electron chi connectivity index (χ2n) is 1.84. The summed E-state index contributed by atoms with van der Waals surface area (Å²) in [7, 11) is 0. The molecule has 0 bridgehead atoms. The highest BCUT2D eigenvalue weighted by molar-refractivity contribution is 9.08. The summed E-state index contributed by atoms with van der Waals surface area (Å²) >= 11 is 3.08. The van der Waals surface area contributed by atoms with Gasteiger partial charge in [0, 0.05) is 0 Å². The molecule has 0 aliphatic heterocycles. The number of halogens is 1. The quantitative estimate of drug-likeness (QED) is 0.572. The molecular weight excluding hydrogens is 232 g/mol. The van der Waals surface area contributed by atoms with Gasteiger partial charge in [-0.15, -0.1) is 0 Å². The molecule has 0 fully saturated rings. The summed E-state index contributed by atoms with van der Waals surface area (Å²) in [4.78, 5) is 20.3. The molecule has 12 heavy (non-hydrogen) atoms. The van der Waals surface area contributed by atoms with Crippen LogP contribution >= 0.6 is 15.9 Å². The third-order valence-corrected chi connectivity index (χ3v) is 1.64. The van der Waals surface area contributed by atoms with Crippen LogP contribution in [-0.4, -0.2) is 6.47 Å². The molecule has 0 radical (unpaired) electrons. The number of rotatable bonds is 4. The van der Waals surface area contributed by atoms with E-state index in [1.54, 1.807) is 0 Å². The standard InChI is InChI=1S/C6H5BrO5/c7-1-4-5(2-10-3-8)12-6(9)11-4/h3H,1-2H2. The van der Waals surface area contributed by atoms with Crippen LogP contribution in [0.25, 0.3) is 0 Å². The minimum Gasteiger partial charge on any atom is -0.460 e. The largest absolute Gasteiger partial charge is 0.519 e.